The van der Waals surface area contributed by atoms with E-state index in [1.165, 1.54) is 16.8 Å². The molecule has 0 saturated heterocycles. The zero-order valence-corrected chi connectivity index (χ0v) is 11.6. The van der Waals surface area contributed by atoms with Crippen molar-refractivity contribution >= 4 is 17.7 Å². The van der Waals surface area contributed by atoms with Gasteiger partial charge in [0.2, 0.25) is 5.16 Å². The van der Waals surface area contributed by atoms with Gasteiger partial charge in [0.15, 0.2) is 0 Å². The van der Waals surface area contributed by atoms with E-state index in [0.717, 1.165) is 18.2 Å². The Morgan fingerprint density at radius 1 is 1.40 bits per heavy atom. The van der Waals surface area contributed by atoms with Crippen molar-refractivity contribution in [2.45, 2.75) is 30.2 Å². The van der Waals surface area contributed by atoms with Crippen LogP contribution in [0.1, 0.15) is 19.8 Å². The highest BCUT2D eigenvalue weighted by molar-refractivity contribution is 8.00. The highest BCUT2D eigenvalue weighted by Crippen LogP contribution is 2.26. The number of carboxylic acid groups (broad SMARTS) is 1. The molecule has 106 valence electrons. The number of tetrazole rings is 1. The number of carboxylic acids is 1. The summed E-state index contributed by atoms with van der Waals surface area (Å²) in [5, 5.41) is 29.6. The lowest BCUT2D eigenvalue weighted by molar-refractivity contribution is -0.136. The van der Waals surface area contributed by atoms with E-state index in [1.807, 2.05) is 6.92 Å². The van der Waals surface area contributed by atoms with Crippen LogP contribution < -0.4 is 0 Å². The summed E-state index contributed by atoms with van der Waals surface area (Å²) in [7, 11) is 0. The van der Waals surface area contributed by atoms with Crippen LogP contribution in [0, 0.1) is 0 Å². The SMILES string of the molecule is CCCC(Sc1nnnn1-c1ccc(O)cc1)C(=O)O. The van der Waals surface area contributed by atoms with Crippen molar-refractivity contribution in [3.05, 3.63) is 24.3 Å². The summed E-state index contributed by atoms with van der Waals surface area (Å²) >= 11 is 1.12. The Labute approximate surface area is 119 Å². The number of hydrogen-bond donors (Lipinski definition) is 2. The van der Waals surface area contributed by atoms with Crippen LogP contribution in [0.5, 0.6) is 5.75 Å². The van der Waals surface area contributed by atoms with Crippen molar-refractivity contribution in [3.8, 4) is 11.4 Å². The third-order valence-corrected chi connectivity index (χ3v) is 3.80. The number of phenols is 1. The second-order valence-corrected chi connectivity index (χ2v) is 5.29. The van der Waals surface area contributed by atoms with Gasteiger partial charge in [-0.2, -0.15) is 4.68 Å². The Balaban J connectivity index is 2.24. The molecule has 0 saturated carbocycles. The minimum atomic E-state index is -0.878. The van der Waals surface area contributed by atoms with Crippen molar-refractivity contribution in [2.24, 2.45) is 0 Å². The molecule has 0 bridgehead atoms. The lowest BCUT2D eigenvalue weighted by Crippen LogP contribution is -2.17. The van der Waals surface area contributed by atoms with Gasteiger partial charge < -0.3 is 10.2 Å². The summed E-state index contributed by atoms with van der Waals surface area (Å²) in [5.74, 6) is -0.734. The first-order valence-electron chi connectivity index (χ1n) is 6.09. The average Bonchev–Trinajstić information content (AvgIpc) is 2.87. The molecule has 2 N–H and O–H groups in total. The smallest absolute Gasteiger partial charge is 0.317 e. The number of aliphatic carboxylic acids is 1. The maximum atomic E-state index is 11.2. The average molecular weight is 294 g/mol. The highest BCUT2D eigenvalue weighted by Gasteiger charge is 2.22. The van der Waals surface area contributed by atoms with Gasteiger partial charge in [0.1, 0.15) is 11.0 Å². The Kier molecular flexibility index (Phi) is 4.57. The fourth-order valence-electron chi connectivity index (χ4n) is 1.63. The Morgan fingerprint density at radius 2 is 2.10 bits per heavy atom. The zero-order chi connectivity index (χ0) is 14.5. The number of thioether (sulfide) groups is 1. The van der Waals surface area contributed by atoms with E-state index in [4.69, 9.17) is 5.11 Å². The van der Waals surface area contributed by atoms with Crippen LogP contribution in [-0.4, -0.2) is 41.6 Å². The highest BCUT2D eigenvalue weighted by atomic mass is 32.2. The minimum absolute atomic E-state index is 0.144. The summed E-state index contributed by atoms with van der Waals surface area (Å²) in [6.07, 6.45) is 1.31. The topological polar surface area (TPSA) is 101 Å². The second kappa shape index (κ2) is 6.38. The minimum Gasteiger partial charge on any atom is -0.508 e. The van der Waals surface area contributed by atoms with Crippen LogP contribution in [-0.2, 0) is 4.79 Å². The van der Waals surface area contributed by atoms with Gasteiger partial charge in [-0.05, 0) is 41.1 Å². The fraction of sp³-hybridized carbons (Fsp3) is 0.333. The summed E-state index contributed by atoms with van der Waals surface area (Å²) in [6, 6.07) is 6.36. The molecule has 0 spiro atoms. The molecule has 0 aliphatic heterocycles. The molecule has 2 aromatic rings. The molecule has 7 nitrogen and oxygen atoms in total. The van der Waals surface area contributed by atoms with Crippen molar-refractivity contribution in [1.82, 2.24) is 20.2 Å². The van der Waals surface area contributed by atoms with Gasteiger partial charge in [0, 0.05) is 0 Å². The van der Waals surface area contributed by atoms with Crippen molar-refractivity contribution in [1.29, 1.82) is 0 Å². The molecule has 8 heteroatoms. The van der Waals surface area contributed by atoms with Crippen LogP contribution in [0.15, 0.2) is 29.4 Å². The molecule has 0 aliphatic rings. The molecule has 1 aromatic carbocycles. The van der Waals surface area contributed by atoms with Crippen LogP contribution in [0.2, 0.25) is 0 Å². The van der Waals surface area contributed by atoms with E-state index in [2.05, 4.69) is 15.5 Å². The van der Waals surface area contributed by atoms with Crippen LogP contribution in [0.25, 0.3) is 5.69 Å². The predicted octanol–water partition coefficient (Wildman–Crippen LogP) is 1.71. The Hall–Kier alpha value is -2.09. The van der Waals surface area contributed by atoms with Crippen molar-refractivity contribution < 1.29 is 15.0 Å². The lowest BCUT2D eigenvalue weighted by Gasteiger charge is -2.10. The van der Waals surface area contributed by atoms with Gasteiger partial charge in [-0.25, -0.2) is 0 Å². The van der Waals surface area contributed by atoms with Crippen LogP contribution in [0.4, 0.5) is 0 Å². The van der Waals surface area contributed by atoms with Crippen LogP contribution in [0.3, 0.4) is 0 Å². The van der Waals surface area contributed by atoms with Gasteiger partial charge >= 0.3 is 5.97 Å². The maximum Gasteiger partial charge on any atom is 0.317 e. The molecule has 1 atom stereocenters. The largest absolute Gasteiger partial charge is 0.508 e. The normalized spacial score (nSPS) is 12.2. The molecule has 1 heterocycles. The maximum absolute atomic E-state index is 11.2. The van der Waals surface area contributed by atoms with Gasteiger partial charge in [-0.3, -0.25) is 4.79 Å². The molecule has 0 amide bonds. The lowest BCUT2D eigenvalue weighted by atomic mass is 10.2. The summed E-state index contributed by atoms with van der Waals surface area (Å²) < 4.78 is 1.45. The summed E-state index contributed by atoms with van der Waals surface area (Å²) in [6.45, 7) is 1.93. The van der Waals surface area contributed by atoms with E-state index in [-0.39, 0.29) is 5.75 Å². The number of aromatic nitrogens is 4. The number of carbonyl (C=O) groups is 1. The van der Waals surface area contributed by atoms with Gasteiger partial charge in [0.25, 0.3) is 0 Å². The molecular weight excluding hydrogens is 280 g/mol. The molecule has 1 aromatic heterocycles. The first kappa shape index (κ1) is 14.3. The van der Waals surface area contributed by atoms with Gasteiger partial charge in [-0.1, -0.05) is 25.1 Å². The number of nitrogens with zero attached hydrogens (tertiary/aromatic N) is 4. The van der Waals surface area contributed by atoms with Crippen LogP contribution >= 0.6 is 11.8 Å². The molecule has 0 radical (unpaired) electrons. The molecule has 2 rings (SSSR count). The quantitative estimate of drug-likeness (QED) is 0.782. The third kappa shape index (κ3) is 3.27. The summed E-state index contributed by atoms with van der Waals surface area (Å²) in [5.41, 5.74) is 0.663. The number of hydrogen-bond acceptors (Lipinski definition) is 6. The third-order valence-electron chi connectivity index (χ3n) is 2.61. The Morgan fingerprint density at radius 3 is 2.70 bits per heavy atom. The molecule has 0 fully saturated rings. The number of rotatable bonds is 6. The zero-order valence-electron chi connectivity index (χ0n) is 10.8. The fourth-order valence-corrected chi connectivity index (χ4v) is 2.66. The van der Waals surface area contributed by atoms with Gasteiger partial charge in [-0.15, -0.1) is 5.10 Å². The monoisotopic (exact) mass is 294 g/mol. The first-order chi connectivity index (χ1) is 9.61. The van der Waals surface area contributed by atoms with E-state index in [1.54, 1.807) is 12.1 Å². The van der Waals surface area contributed by atoms with E-state index < -0.39 is 11.2 Å². The number of phenolic OH excluding ortho intramolecular Hbond substituents is 1. The predicted molar refractivity (Wildman–Crippen MR) is 73.0 cm³/mol. The Bertz CT molecular complexity index is 585. The number of benzene rings is 1. The van der Waals surface area contributed by atoms with E-state index in [9.17, 15) is 9.90 Å². The molecule has 20 heavy (non-hydrogen) atoms. The van der Waals surface area contributed by atoms with E-state index in [0.29, 0.717) is 17.3 Å². The summed E-state index contributed by atoms with van der Waals surface area (Å²) in [4.78, 5) is 11.2. The van der Waals surface area contributed by atoms with Crippen molar-refractivity contribution in [3.63, 3.8) is 0 Å². The second-order valence-electron chi connectivity index (χ2n) is 4.12. The molecule has 1 unspecified atom stereocenters. The van der Waals surface area contributed by atoms with Gasteiger partial charge in [0.05, 0.1) is 5.69 Å². The standard InChI is InChI=1S/C12H14N4O3S/c1-2-3-10(11(18)19)20-12-13-14-15-16(12)8-4-6-9(17)7-5-8/h4-7,10,17H,2-3H2,1H3,(H,18,19). The molecular formula is C12H14N4O3S. The van der Waals surface area contributed by atoms with Crippen molar-refractivity contribution in [2.75, 3.05) is 0 Å². The first-order valence-corrected chi connectivity index (χ1v) is 6.97. The van der Waals surface area contributed by atoms with E-state index >= 15 is 0 Å². The molecule has 0 aliphatic carbocycles. The number of aromatic hydroxyl groups is 1.